The quantitative estimate of drug-likeness (QED) is 0.564. The van der Waals surface area contributed by atoms with Gasteiger partial charge >= 0.3 is 5.97 Å². The number of halogens is 1. The molecular weight excluding hydrogens is 253 g/mol. The van der Waals surface area contributed by atoms with E-state index in [0.717, 1.165) is 6.07 Å². The monoisotopic (exact) mass is 269 g/mol. The van der Waals surface area contributed by atoms with E-state index in [-0.39, 0.29) is 18.7 Å². The Balaban J connectivity index is 2.55. The first-order chi connectivity index (χ1) is 9.02. The zero-order chi connectivity index (χ0) is 14.3. The summed E-state index contributed by atoms with van der Waals surface area (Å²) in [5, 5.41) is 14.0. The lowest BCUT2D eigenvalue weighted by Crippen LogP contribution is -2.41. The normalized spacial score (nSPS) is 11.9. The summed E-state index contributed by atoms with van der Waals surface area (Å²) < 4.78 is 12.9. The van der Waals surface area contributed by atoms with E-state index in [0.29, 0.717) is 6.54 Å². The second-order valence-corrected chi connectivity index (χ2v) is 3.90. The average molecular weight is 269 g/mol. The molecule has 0 fully saturated rings. The summed E-state index contributed by atoms with van der Waals surface area (Å²) in [6, 6.07) is 4.35. The van der Waals surface area contributed by atoms with Gasteiger partial charge in [-0.15, -0.1) is 0 Å². The molecule has 104 valence electrons. The summed E-state index contributed by atoms with van der Waals surface area (Å²) in [6.45, 7) is 0.569. The molecule has 5 N–H and O–H groups in total. The van der Waals surface area contributed by atoms with Gasteiger partial charge in [-0.1, -0.05) is 6.07 Å². The van der Waals surface area contributed by atoms with Crippen LogP contribution in [0.3, 0.4) is 0 Å². The van der Waals surface area contributed by atoms with E-state index >= 15 is 0 Å². The molecule has 0 aliphatic heterocycles. The Morgan fingerprint density at radius 1 is 1.42 bits per heavy atom. The summed E-state index contributed by atoms with van der Waals surface area (Å²) >= 11 is 0. The van der Waals surface area contributed by atoms with Gasteiger partial charge in [0.25, 0.3) is 0 Å². The summed E-state index contributed by atoms with van der Waals surface area (Å²) in [4.78, 5) is 22.5. The number of hydrogen-bond donors (Lipinski definition) is 4. The zero-order valence-corrected chi connectivity index (χ0v) is 10.2. The van der Waals surface area contributed by atoms with Gasteiger partial charge < -0.3 is 21.5 Å². The summed E-state index contributed by atoms with van der Waals surface area (Å²) in [6.07, 6.45) is -0.258. The second-order valence-electron chi connectivity index (χ2n) is 3.90. The van der Waals surface area contributed by atoms with Crippen molar-refractivity contribution in [2.45, 2.75) is 12.5 Å². The Morgan fingerprint density at radius 3 is 2.74 bits per heavy atom. The minimum absolute atomic E-state index is 0.258. The Labute approximate surface area is 109 Å². The van der Waals surface area contributed by atoms with Gasteiger partial charge in [-0.3, -0.25) is 9.59 Å². The third-order valence-electron chi connectivity index (χ3n) is 2.33. The Morgan fingerprint density at radius 2 is 2.16 bits per heavy atom. The van der Waals surface area contributed by atoms with Crippen molar-refractivity contribution < 1.29 is 19.1 Å². The maximum Gasteiger partial charge on any atom is 0.321 e. The maximum atomic E-state index is 12.9. The van der Waals surface area contributed by atoms with Crippen LogP contribution in [0.15, 0.2) is 24.3 Å². The van der Waals surface area contributed by atoms with Crippen LogP contribution in [-0.2, 0) is 9.59 Å². The number of amides is 1. The number of nitrogens with one attached hydrogen (secondary N) is 2. The molecule has 0 bridgehead atoms. The number of carbonyl (C=O) groups excluding carboxylic acids is 1. The van der Waals surface area contributed by atoms with Crippen LogP contribution in [0, 0.1) is 5.82 Å². The highest BCUT2D eigenvalue weighted by atomic mass is 19.1. The second kappa shape index (κ2) is 7.45. The van der Waals surface area contributed by atoms with Gasteiger partial charge in [-0.25, -0.2) is 4.39 Å². The first-order valence-corrected chi connectivity index (χ1v) is 5.74. The van der Waals surface area contributed by atoms with Crippen LogP contribution in [0.25, 0.3) is 0 Å². The van der Waals surface area contributed by atoms with E-state index in [2.05, 4.69) is 10.6 Å². The van der Waals surface area contributed by atoms with Crippen molar-refractivity contribution in [1.82, 2.24) is 5.32 Å². The fraction of sp³-hybridized carbons (Fsp3) is 0.333. The average Bonchev–Trinajstić information content (AvgIpc) is 2.34. The fourth-order valence-corrected chi connectivity index (χ4v) is 1.47. The maximum absolute atomic E-state index is 12.9. The number of carboxylic acid groups (broad SMARTS) is 1. The highest BCUT2D eigenvalue weighted by Crippen LogP contribution is 2.09. The van der Waals surface area contributed by atoms with Gasteiger partial charge in [0.1, 0.15) is 11.9 Å². The molecular formula is C12H16FN3O3. The third-order valence-corrected chi connectivity index (χ3v) is 2.33. The topological polar surface area (TPSA) is 104 Å². The lowest BCUT2D eigenvalue weighted by molar-refractivity contribution is -0.141. The molecule has 1 aromatic carbocycles. The smallest absolute Gasteiger partial charge is 0.321 e. The highest BCUT2D eigenvalue weighted by molar-refractivity contribution is 5.94. The number of hydrogen-bond acceptors (Lipinski definition) is 4. The van der Waals surface area contributed by atoms with Crippen LogP contribution in [0.1, 0.15) is 6.42 Å². The Kier molecular flexibility index (Phi) is 5.91. The highest BCUT2D eigenvalue weighted by Gasteiger charge is 2.20. The molecule has 0 spiro atoms. The van der Waals surface area contributed by atoms with Gasteiger partial charge in [-0.05, 0) is 18.2 Å². The van der Waals surface area contributed by atoms with Gasteiger partial charge in [0.15, 0.2) is 0 Å². The molecule has 0 aliphatic rings. The third kappa shape index (κ3) is 5.45. The fourth-order valence-electron chi connectivity index (χ4n) is 1.47. The molecule has 0 unspecified atom stereocenters. The standard InChI is InChI=1S/C12H16FN3O3/c13-8-2-1-3-9(6-8)16-11(17)7-10(12(18)19)15-5-4-14/h1-3,6,10,15H,4-5,7,14H2,(H,16,17)(H,18,19)/t10-/m0/s1. The van der Waals surface area contributed by atoms with E-state index < -0.39 is 23.7 Å². The van der Waals surface area contributed by atoms with Crippen LogP contribution in [0.2, 0.25) is 0 Å². The van der Waals surface area contributed by atoms with E-state index in [1.165, 1.54) is 18.2 Å². The van der Waals surface area contributed by atoms with Crippen molar-refractivity contribution >= 4 is 17.6 Å². The van der Waals surface area contributed by atoms with E-state index in [1.807, 2.05) is 0 Å². The molecule has 0 aromatic heterocycles. The number of nitrogens with two attached hydrogens (primary N) is 1. The molecule has 1 aromatic rings. The molecule has 0 aliphatic carbocycles. The molecule has 7 heteroatoms. The van der Waals surface area contributed by atoms with Crippen molar-refractivity contribution in [3.05, 3.63) is 30.1 Å². The van der Waals surface area contributed by atoms with Crippen LogP contribution in [-0.4, -0.2) is 36.1 Å². The summed E-state index contributed by atoms with van der Waals surface area (Å²) in [5.74, 6) is -2.13. The Hall–Kier alpha value is -1.99. The predicted octanol–water partition coefficient (Wildman–Crippen LogP) is 0.156. The lowest BCUT2D eigenvalue weighted by Gasteiger charge is -2.13. The molecule has 0 saturated carbocycles. The van der Waals surface area contributed by atoms with Crippen LogP contribution in [0.4, 0.5) is 10.1 Å². The van der Waals surface area contributed by atoms with Crippen LogP contribution >= 0.6 is 0 Å². The molecule has 0 saturated heterocycles. The van der Waals surface area contributed by atoms with Gasteiger partial charge in [0.05, 0.1) is 6.42 Å². The molecule has 6 nitrogen and oxygen atoms in total. The molecule has 0 heterocycles. The molecule has 0 radical (unpaired) electrons. The van der Waals surface area contributed by atoms with Crippen molar-refractivity contribution in [1.29, 1.82) is 0 Å². The number of carboxylic acids is 1. The SMILES string of the molecule is NCCN[C@@H](CC(=O)Nc1cccc(F)c1)C(=O)O. The number of anilines is 1. The van der Waals surface area contributed by atoms with E-state index in [9.17, 15) is 14.0 Å². The van der Waals surface area contributed by atoms with Crippen molar-refractivity contribution in [2.75, 3.05) is 18.4 Å². The minimum atomic E-state index is -1.14. The van der Waals surface area contributed by atoms with Crippen LogP contribution in [0.5, 0.6) is 0 Å². The van der Waals surface area contributed by atoms with E-state index in [4.69, 9.17) is 10.8 Å². The van der Waals surface area contributed by atoms with Gasteiger partial charge in [0, 0.05) is 18.8 Å². The molecule has 19 heavy (non-hydrogen) atoms. The first-order valence-electron chi connectivity index (χ1n) is 5.74. The van der Waals surface area contributed by atoms with Crippen LogP contribution < -0.4 is 16.4 Å². The largest absolute Gasteiger partial charge is 0.480 e. The summed E-state index contributed by atoms with van der Waals surface area (Å²) in [7, 11) is 0. The van der Waals surface area contributed by atoms with Gasteiger partial charge in [0.2, 0.25) is 5.91 Å². The van der Waals surface area contributed by atoms with E-state index in [1.54, 1.807) is 0 Å². The lowest BCUT2D eigenvalue weighted by atomic mass is 10.2. The van der Waals surface area contributed by atoms with Crippen molar-refractivity contribution in [3.8, 4) is 0 Å². The first kappa shape index (κ1) is 15.1. The number of aliphatic carboxylic acids is 1. The zero-order valence-electron chi connectivity index (χ0n) is 10.2. The molecule has 1 rings (SSSR count). The molecule has 1 atom stereocenters. The number of carbonyl (C=O) groups is 2. The minimum Gasteiger partial charge on any atom is -0.480 e. The predicted molar refractivity (Wildman–Crippen MR) is 68.1 cm³/mol. The number of rotatable bonds is 7. The Bertz CT molecular complexity index is 454. The summed E-state index contributed by atoms with van der Waals surface area (Å²) in [5.41, 5.74) is 5.54. The van der Waals surface area contributed by atoms with Crippen molar-refractivity contribution in [2.24, 2.45) is 5.73 Å². The van der Waals surface area contributed by atoms with Crippen molar-refractivity contribution in [3.63, 3.8) is 0 Å². The van der Waals surface area contributed by atoms with Gasteiger partial charge in [-0.2, -0.15) is 0 Å². The molecule has 1 amide bonds. The number of benzene rings is 1.